The Morgan fingerprint density at radius 2 is 1.88 bits per heavy atom. The minimum atomic E-state index is -3.47. The third-order valence-electron chi connectivity index (χ3n) is 5.97. The molecule has 9 nitrogen and oxygen atoms in total. The summed E-state index contributed by atoms with van der Waals surface area (Å²) in [5.74, 6) is 0.690. The number of rotatable bonds is 6. The van der Waals surface area contributed by atoms with Crippen LogP contribution in [0.3, 0.4) is 0 Å². The van der Waals surface area contributed by atoms with E-state index in [-0.39, 0.29) is 24.2 Å². The molecule has 0 unspecified atom stereocenters. The Balaban J connectivity index is 1.28. The summed E-state index contributed by atoms with van der Waals surface area (Å²) in [7, 11) is -3.47. The van der Waals surface area contributed by atoms with Gasteiger partial charge >= 0.3 is 0 Å². The number of hydrogen-bond acceptors (Lipinski definition) is 7. The van der Waals surface area contributed by atoms with Crippen LogP contribution in [0.4, 0.5) is 5.82 Å². The van der Waals surface area contributed by atoms with Crippen LogP contribution < -0.4 is 5.32 Å². The molecule has 2 aromatic rings. The predicted molar refractivity (Wildman–Crippen MR) is 120 cm³/mol. The van der Waals surface area contributed by atoms with Crippen LogP contribution in [0.25, 0.3) is 0 Å². The van der Waals surface area contributed by atoms with Gasteiger partial charge in [0.25, 0.3) is 10.0 Å². The van der Waals surface area contributed by atoms with Gasteiger partial charge in [-0.2, -0.15) is 4.31 Å². The van der Waals surface area contributed by atoms with Gasteiger partial charge in [-0.15, -0.1) is 11.3 Å². The normalized spacial score (nSPS) is 18.6. The molecule has 0 spiro atoms. The van der Waals surface area contributed by atoms with Crippen LogP contribution in [0, 0.1) is 12.8 Å². The SMILES string of the molecule is Cc1cc(NC(=O)C2CCN(C(=O)Cc3ccc(S(=O)(=O)N4CCCCC4)s3)CC2)no1. The first-order valence-electron chi connectivity index (χ1n) is 10.9. The summed E-state index contributed by atoms with van der Waals surface area (Å²) in [4.78, 5) is 27.7. The average Bonchev–Trinajstić information content (AvgIpc) is 3.43. The molecule has 2 fully saturated rings. The van der Waals surface area contributed by atoms with E-state index in [0.29, 0.717) is 54.8 Å². The van der Waals surface area contributed by atoms with Crippen molar-refractivity contribution in [2.75, 3.05) is 31.5 Å². The number of aromatic nitrogens is 1. The first-order valence-corrected chi connectivity index (χ1v) is 13.2. The molecule has 0 aromatic carbocycles. The van der Waals surface area contributed by atoms with Crippen molar-refractivity contribution in [3.05, 3.63) is 28.8 Å². The van der Waals surface area contributed by atoms with Crippen molar-refractivity contribution >= 4 is 39.0 Å². The zero-order valence-electron chi connectivity index (χ0n) is 18.1. The van der Waals surface area contributed by atoms with Crippen LogP contribution in [-0.2, 0) is 26.0 Å². The van der Waals surface area contributed by atoms with Gasteiger partial charge in [0.1, 0.15) is 9.97 Å². The topological polar surface area (TPSA) is 113 Å². The molecular formula is C21H28N4O5S2. The Morgan fingerprint density at radius 1 is 1.16 bits per heavy atom. The predicted octanol–water partition coefficient (Wildman–Crippen LogP) is 2.64. The maximum Gasteiger partial charge on any atom is 0.252 e. The van der Waals surface area contributed by atoms with Crippen LogP contribution >= 0.6 is 11.3 Å². The molecule has 0 aliphatic carbocycles. The van der Waals surface area contributed by atoms with Gasteiger partial charge < -0.3 is 14.7 Å². The van der Waals surface area contributed by atoms with Crippen molar-refractivity contribution in [2.24, 2.45) is 5.92 Å². The van der Waals surface area contributed by atoms with Gasteiger partial charge in [-0.1, -0.05) is 11.6 Å². The van der Waals surface area contributed by atoms with E-state index in [4.69, 9.17) is 4.52 Å². The van der Waals surface area contributed by atoms with E-state index in [2.05, 4.69) is 10.5 Å². The number of nitrogens with zero attached hydrogens (tertiary/aromatic N) is 3. The highest BCUT2D eigenvalue weighted by atomic mass is 32.2. The van der Waals surface area contributed by atoms with Crippen molar-refractivity contribution in [1.29, 1.82) is 0 Å². The van der Waals surface area contributed by atoms with E-state index in [0.717, 1.165) is 24.1 Å². The van der Waals surface area contributed by atoms with E-state index in [1.807, 2.05) is 0 Å². The van der Waals surface area contributed by atoms with Gasteiger partial charge in [-0.05, 0) is 44.7 Å². The van der Waals surface area contributed by atoms with Gasteiger partial charge in [0.05, 0.1) is 6.42 Å². The fourth-order valence-corrected chi connectivity index (χ4v) is 7.15. The van der Waals surface area contributed by atoms with E-state index >= 15 is 0 Å². The largest absolute Gasteiger partial charge is 0.360 e. The van der Waals surface area contributed by atoms with E-state index in [1.54, 1.807) is 34.3 Å². The molecule has 4 heterocycles. The van der Waals surface area contributed by atoms with Crippen LogP contribution in [0.5, 0.6) is 0 Å². The third-order valence-corrected chi connectivity index (χ3v) is 9.42. The average molecular weight is 481 g/mol. The molecular weight excluding hydrogens is 452 g/mol. The number of carbonyl (C=O) groups is 2. The number of likely N-dealkylation sites (tertiary alicyclic amines) is 1. The van der Waals surface area contributed by atoms with Crippen LogP contribution in [0.2, 0.25) is 0 Å². The van der Waals surface area contributed by atoms with Crippen molar-refractivity contribution in [3.63, 3.8) is 0 Å². The summed E-state index contributed by atoms with van der Waals surface area (Å²) in [6, 6.07) is 5.01. The monoisotopic (exact) mass is 480 g/mol. The number of amides is 2. The number of sulfonamides is 1. The fraction of sp³-hybridized carbons (Fsp3) is 0.571. The highest BCUT2D eigenvalue weighted by Gasteiger charge is 2.30. The summed E-state index contributed by atoms with van der Waals surface area (Å²) in [5, 5.41) is 6.53. The molecule has 4 rings (SSSR count). The number of thiophene rings is 1. The van der Waals surface area contributed by atoms with Gasteiger partial charge in [-0.3, -0.25) is 9.59 Å². The zero-order valence-corrected chi connectivity index (χ0v) is 19.7. The van der Waals surface area contributed by atoms with Crippen molar-refractivity contribution in [3.8, 4) is 0 Å². The first-order chi connectivity index (χ1) is 15.3. The van der Waals surface area contributed by atoms with Gasteiger partial charge in [0, 0.05) is 43.0 Å². The molecule has 2 aliphatic rings. The molecule has 2 saturated heterocycles. The molecule has 0 atom stereocenters. The molecule has 2 amide bonds. The highest BCUT2D eigenvalue weighted by Crippen LogP contribution is 2.28. The van der Waals surface area contributed by atoms with Gasteiger partial charge in [-0.25, -0.2) is 8.42 Å². The first kappa shape index (κ1) is 22.9. The fourth-order valence-electron chi connectivity index (χ4n) is 4.13. The smallest absolute Gasteiger partial charge is 0.252 e. The Bertz CT molecular complexity index is 1060. The third kappa shape index (κ3) is 5.21. The molecule has 11 heteroatoms. The highest BCUT2D eigenvalue weighted by molar-refractivity contribution is 7.91. The second kappa shape index (κ2) is 9.72. The van der Waals surface area contributed by atoms with E-state index in [1.165, 1.54) is 11.3 Å². The Morgan fingerprint density at radius 3 is 2.53 bits per heavy atom. The number of hydrogen-bond donors (Lipinski definition) is 1. The second-order valence-corrected chi connectivity index (χ2v) is 11.7. The molecule has 174 valence electrons. The maximum atomic E-state index is 12.8. The molecule has 0 radical (unpaired) electrons. The summed E-state index contributed by atoms with van der Waals surface area (Å²) < 4.78 is 32.4. The number of piperidine rings is 2. The summed E-state index contributed by atoms with van der Waals surface area (Å²) >= 11 is 1.18. The van der Waals surface area contributed by atoms with E-state index < -0.39 is 10.0 Å². The number of nitrogens with one attached hydrogen (secondary N) is 1. The lowest BCUT2D eigenvalue weighted by Crippen LogP contribution is -2.42. The second-order valence-electron chi connectivity index (χ2n) is 8.33. The van der Waals surface area contributed by atoms with Crippen molar-refractivity contribution < 1.29 is 22.5 Å². The Labute approximate surface area is 191 Å². The summed E-state index contributed by atoms with van der Waals surface area (Å²) in [6.45, 7) is 3.88. The van der Waals surface area contributed by atoms with E-state index in [9.17, 15) is 18.0 Å². The molecule has 0 bridgehead atoms. The Hall–Kier alpha value is -2.24. The lowest BCUT2D eigenvalue weighted by Gasteiger charge is -2.31. The minimum absolute atomic E-state index is 0.0419. The molecule has 1 N–H and O–H groups in total. The Kier molecular flexibility index (Phi) is 6.96. The lowest BCUT2D eigenvalue weighted by molar-refractivity contribution is -0.133. The molecule has 2 aromatic heterocycles. The van der Waals surface area contributed by atoms with Crippen LogP contribution in [0.15, 0.2) is 26.9 Å². The van der Waals surface area contributed by atoms with Crippen LogP contribution in [-0.4, -0.2) is 60.8 Å². The van der Waals surface area contributed by atoms with Gasteiger partial charge in [0.2, 0.25) is 11.8 Å². The van der Waals surface area contributed by atoms with Crippen molar-refractivity contribution in [2.45, 2.75) is 49.7 Å². The molecule has 0 saturated carbocycles. The molecule has 32 heavy (non-hydrogen) atoms. The van der Waals surface area contributed by atoms with Crippen molar-refractivity contribution in [1.82, 2.24) is 14.4 Å². The molecule has 2 aliphatic heterocycles. The standard InChI is InChI=1S/C21H28N4O5S2/c1-15-13-18(23-30-15)22-21(27)16-7-11-24(12-8-16)19(26)14-17-5-6-20(31-17)32(28,29)25-9-3-2-4-10-25/h5-6,13,16H,2-4,7-12,14H2,1H3,(H,22,23,27). The number of aryl methyl sites for hydroxylation is 1. The number of anilines is 1. The summed E-state index contributed by atoms with van der Waals surface area (Å²) in [6.07, 6.45) is 4.18. The maximum absolute atomic E-state index is 12.8. The van der Waals surface area contributed by atoms with Gasteiger partial charge in [0.15, 0.2) is 5.82 Å². The quantitative estimate of drug-likeness (QED) is 0.680. The minimum Gasteiger partial charge on any atom is -0.360 e. The van der Waals surface area contributed by atoms with Crippen LogP contribution in [0.1, 0.15) is 42.7 Å². The lowest BCUT2D eigenvalue weighted by atomic mass is 9.95. The summed E-state index contributed by atoms with van der Waals surface area (Å²) in [5.41, 5.74) is 0. The number of carbonyl (C=O) groups excluding carboxylic acids is 2. The zero-order chi connectivity index (χ0) is 22.7.